The fraction of sp³-hybridized carbons (Fsp3) is 0.400. The molecule has 4 amide bonds. The van der Waals surface area contributed by atoms with E-state index in [-0.39, 0.29) is 18.4 Å². The van der Waals surface area contributed by atoms with Crippen LogP contribution in [0.5, 0.6) is 0 Å². The predicted molar refractivity (Wildman–Crippen MR) is 78.7 cm³/mol. The first kappa shape index (κ1) is 15.0. The summed E-state index contributed by atoms with van der Waals surface area (Å²) in [6.07, 6.45) is 0. The average Bonchev–Trinajstić information content (AvgIpc) is 2.69. The van der Waals surface area contributed by atoms with Gasteiger partial charge in [0, 0.05) is 5.69 Å². The van der Waals surface area contributed by atoms with Gasteiger partial charge in [0.25, 0.3) is 5.91 Å². The fourth-order valence-electron chi connectivity index (χ4n) is 2.12. The molecule has 2 rings (SSSR count). The number of hydrogen-bond donors (Lipinski definition) is 2. The number of nitrogens with one attached hydrogen (secondary N) is 2. The van der Waals surface area contributed by atoms with E-state index >= 15 is 0 Å². The van der Waals surface area contributed by atoms with Crippen molar-refractivity contribution < 1.29 is 14.4 Å². The maximum atomic E-state index is 12.1. The highest BCUT2D eigenvalue weighted by molar-refractivity contribution is 6.08. The lowest BCUT2D eigenvalue weighted by Crippen LogP contribution is -2.39. The van der Waals surface area contributed by atoms with Crippen LogP contribution in [0.15, 0.2) is 24.3 Å². The minimum Gasteiger partial charge on any atom is -0.326 e. The fourth-order valence-corrected chi connectivity index (χ4v) is 2.12. The molecule has 6 heteroatoms. The van der Waals surface area contributed by atoms with E-state index in [2.05, 4.69) is 10.6 Å². The monoisotopic (exact) mass is 289 g/mol. The van der Waals surface area contributed by atoms with Gasteiger partial charge in [0.2, 0.25) is 5.91 Å². The summed E-state index contributed by atoms with van der Waals surface area (Å²) in [6, 6.07) is 6.23. The van der Waals surface area contributed by atoms with Crippen LogP contribution in [-0.4, -0.2) is 35.3 Å². The van der Waals surface area contributed by atoms with Crippen molar-refractivity contribution in [3.63, 3.8) is 0 Å². The lowest BCUT2D eigenvalue weighted by atomic mass is 10.1. The summed E-state index contributed by atoms with van der Waals surface area (Å²) < 4.78 is 0. The Morgan fingerprint density at radius 3 is 2.43 bits per heavy atom. The molecule has 1 aliphatic rings. The molecule has 1 aliphatic heterocycles. The first-order valence-corrected chi connectivity index (χ1v) is 6.87. The number of rotatable bonds is 4. The first-order chi connectivity index (χ1) is 9.88. The maximum Gasteiger partial charge on any atom is 0.325 e. The normalized spacial score (nSPS) is 18.1. The Labute approximate surface area is 123 Å². The number of urea groups is 1. The Hall–Kier alpha value is -2.37. The quantitative estimate of drug-likeness (QED) is 0.825. The van der Waals surface area contributed by atoms with Crippen LogP contribution in [0, 0.1) is 12.8 Å². The number of carbonyl (C=O) groups excluding carboxylic acids is 3. The number of anilines is 1. The number of hydrogen-bond acceptors (Lipinski definition) is 3. The summed E-state index contributed by atoms with van der Waals surface area (Å²) in [7, 11) is 0. The molecule has 112 valence electrons. The minimum absolute atomic E-state index is 0.00777. The van der Waals surface area contributed by atoms with Crippen molar-refractivity contribution in [1.29, 1.82) is 0 Å². The Kier molecular flexibility index (Phi) is 4.26. The van der Waals surface area contributed by atoms with Crippen LogP contribution in [0.3, 0.4) is 0 Å². The lowest BCUT2D eigenvalue weighted by Gasteiger charge is -2.14. The third-order valence-corrected chi connectivity index (χ3v) is 3.36. The summed E-state index contributed by atoms with van der Waals surface area (Å²) in [5.41, 5.74) is 1.72. The Bertz CT molecular complexity index is 566. The summed E-state index contributed by atoms with van der Waals surface area (Å²) in [4.78, 5) is 36.7. The number of benzene rings is 1. The van der Waals surface area contributed by atoms with E-state index in [1.54, 1.807) is 12.1 Å². The van der Waals surface area contributed by atoms with Crippen LogP contribution < -0.4 is 10.6 Å². The second-order valence-electron chi connectivity index (χ2n) is 5.51. The second-order valence-corrected chi connectivity index (χ2v) is 5.51. The smallest absolute Gasteiger partial charge is 0.325 e. The van der Waals surface area contributed by atoms with Gasteiger partial charge in [-0.2, -0.15) is 0 Å². The topological polar surface area (TPSA) is 78.5 Å². The summed E-state index contributed by atoms with van der Waals surface area (Å²) in [5.74, 6) is -0.757. The van der Waals surface area contributed by atoms with Crippen molar-refractivity contribution in [3.8, 4) is 0 Å². The minimum atomic E-state index is -0.551. The molecular formula is C15H19N3O3. The van der Waals surface area contributed by atoms with E-state index in [0.717, 1.165) is 10.5 Å². The van der Waals surface area contributed by atoms with Crippen molar-refractivity contribution in [1.82, 2.24) is 10.2 Å². The zero-order valence-corrected chi connectivity index (χ0v) is 12.3. The Balaban J connectivity index is 1.98. The number of nitrogens with zero attached hydrogens (tertiary/aromatic N) is 1. The van der Waals surface area contributed by atoms with Gasteiger partial charge in [0.05, 0.1) is 0 Å². The Morgan fingerprint density at radius 2 is 1.90 bits per heavy atom. The van der Waals surface area contributed by atoms with Gasteiger partial charge >= 0.3 is 6.03 Å². The highest BCUT2D eigenvalue weighted by Crippen LogP contribution is 2.14. The van der Waals surface area contributed by atoms with Crippen LogP contribution in [0.1, 0.15) is 19.4 Å². The Morgan fingerprint density at radius 1 is 1.29 bits per heavy atom. The molecule has 1 heterocycles. The molecule has 0 radical (unpaired) electrons. The molecule has 21 heavy (non-hydrogen) atoms. The van der Waals surface area contributed by atoms with Gasteiger partial charge in [-0.15, -0.1) is 0 Å². The largest absolute Gasteiger partial charge is 0.326 e. The molecule has 1 fully saturated rings. The van der Waals surface area contributed by atoms with Crippen LogP contribution in [0.2, 0.25) is 0 Å². The number of aryl methyl sites for hydroxylation is 1. The van der Waals surface area contributed by atoms with E-state index in [0.29, 0.717) is 5.69 Å². The van der Waals surface area contributed by atoms with Crippen LogP contribution in [-0.2, 0) is 9.59 Å². The molecule has 1 aromatic rings. The van der Waals surface area contributed by atoms with E-state index in [1.807, 2.05) is 32.9 Å². The third-order valence-electron chi connectivity index (χ3n) is 3.36. The number of amides is 4. The van der Waals surface area contributed by atoms with E-state index in [4.69, 9.17) is 0 Å². The zero-order chi connectivity index (χ0) is 15.6. The zero-order valence-electron chi connectivity index (χ0n) is 12.3. The van der Waals surface area contributed by atoms with Crippen LogP contribution in [0.4, 0.5) is 10.5 Å². The van der Waals surface area contributed by atoms with Gasteiger partial charge in [0.15, 0.2) is 0 Å². The molecular weight excluding hydrogens is 270 g/mol. The van der Waals surface area contributed by atoms with Crippen molar-refractivity contribution >= 4 is 23.5 Å². The van der Waals surface area contributed by atoms with Crippen LogP contribution in [0.25, 0.3) is 0 Å². The lowest BCUT2D eigenvalue weighted by molar-refractivity contribution is -0.131. The molecule has 1 aromatic carbocycles. The SMILES string of the molecule is Cc1ccc(NC(=O)CN2C(=O)N[C@H](C(C)C)C2=O)cc1. The molecule has 0 unspecified atom stereocenters. The molecule has 0 aromatic heterocycles. The highest BCUT2D eigenvalue weighted by Gasteiger charge is 2.40. The molecule has 0 saturated carbocycles. The molecule has 6 nitrogen and oxygen atoms in total. The van der Waals surface area contributed by atoms with Crippen molar-refractivity contribution in [3.05, 3.63) is 29.8 Å². The molecule has 0 bridgehead atoms. The summed E-state index contributed by atoms with van der Waals surface area (Å²) in [6.45, 7) is 5.37. The van der Waals surface area contributed by atoms with E-state index in [1.165, 1.54) is 0 Å². The standard InChI is InChI=1S/C15H19N3O3/c1-9(2)13-14(20)18(15(21)17-13)8-12(19)16-11-6-4-10(3)5-7-11/h4-7,9,13H,8H2,1-3H3,(H,16,19)(H,17,21)/t13-/m1/s1. The first-order valence-electron chi connectivity index (χ1n) is 6.87. The van der Waals surface area contributed by atoms with Crippen molar-refractivity contribution in [2.45, 2.75) is 26.8 Å². The highest BCUT2D eigenvalue weighted by atomic mass is 16.2. The molecule has 1 saturated heterocycles. The van der Waals surface area contributed by atoms with Crippen LogP contribution >= 0.6 is 0 Å². The van der Waals surface area contributed by atoms with Crippen molar-refractivity contribution in [2.24, 2.45) is 5.92 Å². The number of carbonyl (C=O) groups is 3. The summed E-state index contributed by atoms with van der Waals surface area (Å²) >= 11 is 0. The number of imide groups is 1. The van der Waals surface area contributed by atoms with Gasteiger partial charge in [0.1, 0.15) is 12.6 Å². The molecule has 2 N–H and O–H groups in total. The van der Waals surface area contributed by atoms with Crippen molar-refractivity contribution in [2.75, 3.05) is 11.9 Å². The van der Waals surface area contributed by atoms with Gasteiger partial charge in [-0.05, 0) is 25.0 Å². The van der Waals surface area contributed by atoms with Gasteiger partial charge in [-0.25, -0.2) is 4.79 Å². The average molecular weight is 289 g/mol. The maximum absolute atomic E-state index is 12.1. The molecule has 1 atom stereocenters. The molecule has 0 spiro atoms. The van der Waals surface area contributed by atoms with E-state index in [9.17, 15) is 14.4 Å². The van der Waals surface area contributed by atoms with Gasteiger partial charge in [-0.1, -0.05) is 31.5 Å². The van der Waals surface area contributed by atoms with Gasteiger partial charge < -0.3 is 10.6 Å². The van der Waals surface area contributed by atoms with Gasteiger partial charge in [-0.3, -0.25) is 14.5 Å². The second kappa shape index (κ2) is 5.95. The molecule has 0 aliphatic carbocycles. The van der Waals surface area contributed by atoms with E-state index < -0.39 is 18.0 Å². The third kappa shape index (κ3) is 3.39. The predicted octanol–water partition coefficient (Wildman–Crippen LogP) is 1.51. The summed E-state index contributed by atoms with van der Waals surface area (Å²) in [5, 5.41) is 5.26.